The smallest absolute Gasteiger partial charge is 0.264 e. The van der Waals surface area contributed by atoms with Crippen molar-refractivity contribution in [3.63, 3.8) is 0 Å². The summed E-state index contributed by atoms with van der Waals surface area (Å²) in [5.74, 6) is -0.719. The highest BCUT2D eigenvalue weighted by Crippen LogP contribution is 2.31. The number of para-hydroxylation sites is 1. The summed E-state index contributed by atoms with van der Waals surface area (Å²) in [6, 6.07) is 29.8. The first-order valence-corrected chi connectivity index (χ1v) is 16.4. The summed E-state index contributed by atoms with van der Waals surface area (Å²) in [5, 5.41) is 3.67. The number of hydrogen-bond acceptors (Lipinski definition) is 4. The molecule has 4 rings (SSSR count). The quantitative estimate of drug-likeness (QED) is 0.176. The second-order valence-electron chi connectivity index (χ2n) is 10.8. The molecular formula is C34H35Cl2N3O4S. The lowest BCUT2D eigenvalue weighted by Crippen LogP contribution is -2.53. The molecule has 0 aromatic heterocycles. The van der Waals surface area contributed by atoms with E-state index in [1.165, 1.54) is 17.0 Å². The van der Waals surface area contributed by atoms with Crippen LogP contribution in [0.5, 0.6) is 0 Å². The fourth-order valence-electron chi connectivity index (χ4n) is 4.65. The minimum Gasteiger partial charge on any atom is -0.354 e. The van der Waals surface area contributed by atoms with Crippen LogP contribution in [0.2, 0.25) is 10.0 Å². The van der Waals surface area contributed by atoms with Crippen LogP contribution < -0.4 is 9.62 Å². The Labute approximate surface area is 269 Å². The maximum Gasteiger partial charge on any atom is 0.264 e. The molecule has 1 atom stereocenters. The Bertz CT molecular complexity index is 1650. The van der Waals surface area contributed by atoms with Crippen LogP contribution in [0.25, 0.3) is 0 Å². The number of amides is 2. The molecule has 1 N–H and O–H groups in total. The summed E-state index contributed by atoms with van der Waals surface area (Å²) < 4.78 is 29.0. The van der Waals surface area contributed by atoms with E-state index in [-0.39, 0.29) is 40.4 Å². The standard InChI is InChI=1S/C34H35Cl2N3O4S/c1-25(2)22-37-34(41)32(21-26-11-5-3-6-12-26)38(23-27-17-19-28(35)20-18-27)33(40)24-39(31-16-10-9-15-30(31)36)44(42,43)29-13-7-4-8-14-29/h3-20,25,32H,21-24H2,1-2H3,(H,37,41)/t32-/m1/s1. The average molecular weight is 653 g/mol. The van der Waals surface area contributed by atoms with Crippen LogP contribution >= 0.6 is 23.2 Å². The molecule has 2 amide bonds. The highest BCUT2D eigenvalue weighted by Gasteiger charge is 2.35. The zero-order valence-electron chi connectivity index (χ0n) is 24.6. The molecule has 0 radical (unpaired) electrons. The van der Waals surface area contributed by atoms with Crippen LogP contribution in [0, 0.1) is 5.92 Å². The van der Waals surface area contributed by atoms with Gasteiger partial charge < -0.3 is 10.2 Å². The Morgan fingerprint density at radius 3 is 1.98 bits per heavy atom. The van der Waals surface area contributed by atoms with Crippen molar-refractivity contribution in [2.75, 3.05) is 17.4 Å². The number of carbonyl (C=O) groups is 2. The fraction of sp³-hybridized carbons (Fsp3) is 0.235. The largest absolute Gasteiger partial charge is 0.354 e. The molecule has 7 nitrogen and oxygen atoms in total. The van der Waals surface area contributed by atoms with Crippen molar-refractivity contribution in [1.29, 1.82) is 0 Å². The van der Waals surface area contributed by atoms with Gasteiger partial charge in [-0.1, -0.05) is 110 Å². The van der Waals surface area contributed by atoms with E-state index in [1.54, 1.807) is 66.7 Å². The van der Waals surface area contributed by atoms with Gasteiger partial charge in [0.2, 0.25) is 11.8 Å². The summed E-state index contributed by atoms with van der Waals surface area (Å²) in [5.41, 5.74) is 1.74. The van der Waals surface area contributed by atoms with Crippen LogP contribution in [0.3, 0.4) is 0 Å². The third-order valence-electron chi connectivity index (χ3n) is 6.95. The summed E-state index contributed by atoms with van der Waals surface area (Å²) in [6.45, 7) is 3.85. The van der Waals surface area contributed by atoms with Gasteiger partial charge in [-0.3, -0.25) is 13.9 Å². The Morgan fingerprint density at radius 1 is 0.773 bits per heavy atom. The van der Waals surface area contributed by atoms with Crippen molar-refractivity contribution in [3.05, 3.63) is 130 Å². The highest BCUT2D eigenvalue weighted by molar-refractivity contribution is 7.92. The number of hydrogen-bond donors (Lipinski definition) is 1. The Kier molecular flexibility index (Phi) is 11.4. The molecule has 0 saturated carbocycles. The number of nitrogens with zero attached hydrogens (tertiary/aromatic N) is 2. The summed E-state index contributed by atoms with van der Waals surface area (Å²) in [7, 11) is -4.23. The molecule has 0 aliphatic heterocycles. The van der Waals surface area contributed by atoms with Crippen molar-refractivity contribution >= 4 is 50.7 Å². The Balaban J connectivity index is 1.79. The second-order valence-corrected chi connectivity index (χ2v) is 13.5. The molecule has 0 bridgehead atoms. The van der Waals surface area contributed by atoms with Crippen molar-refractivity contribution in [2.24, 2.45) is 5.92 Å². The van der Waals surface area contributed by atoms with Gasteiger partial charge in [0.1, 0.15) is 12.6 Å². The Morgan fingerprint density at radius 2 is 1.36 bits per heavy atom. The number of halogens is 2. The predicted molar refractivity (Wildman–Crippen MR) is 176 cm³/mol. The van der Waals surface area contributed by atoms with E-state index in [9.17, 15) is 18.0 Å². The first-order valence-electron chi connectivity index (χ1n) is 14.2. The van der Waals surface area contributed by atoms with Gasteiger partial charge in [-0.25, -0.2) is 8.42 Å². The maximum absolute atomic E-state index is 14.4. The third-order valence-corrected chi connectivity index (χ3v) is 9.30. The van der Waals surface area contributed by atoms with Gasteiger partial charge in [-0.2, -0.15) is 0 Å². The van der Waals surface area contributed by atoms with E-state index >= 15 is 0 Å². The summed E-state index contributed by atoms with van der Waals surface area (Å²) in [6.07, 6.45) is 0.224. The van der Waals surface area contributed by atoms with Crippen molar-refractivity contribution in [3.8, 4) is 0 Å². The monoisotopic (exact) mass is 651 g/mol. The van der Waals surface area contributed by atoms with E-state index < -0.39 is 28.5 Å². The third kappa shape index (κ3) is 8.62. The number of nitrogens with one attached hydrogen (secondary N) is 1. The van der Waals surface area contributed by atoms with Crippen LogP contribution in [-0.4, -0.2) is 44.3 Å². The number of anilines is 1. The van der Waals surface area contributed by atoms with Crippen molar-refractivity contribution in [2.45, 2.75) is 37.8 Å². The minimum absolute atomic E-state index is 0.00693. The number of sulfonamides is 1. The van der Waals surface area contributed by atoms with E-state index in [1.807, 2.05) is 44.2 Å². The maximum atomic E-state index is 14.4. The van der Waals surface area contributed by atoms with Gasteiger partial charge in [0, 0.05) is 24.5 Å². The molecule has 0 unspecified atom stereocenters. The zero-order valence-corrected chi connectivity index (χ0v) is 26.9. The molecule has 230 valence electrons. The van der Waals surface area contributed by atoms with Crippen LogP contribution in [-0.2, 0) is 32.6 Å². The molecule has 10 heteroatoms. The molecule has 44 heavy (non-hydrogen) atoms. The molecule has 4 aromatic carbocycles. The fourth-order valence-corrected chi connectivity index (χ4v) is 6.52. The first-order chi connectivity index (χ1) is 21.1. The topological polar surface area (TPSA) is 86.8 Å². The van der Waals surface area contributed by atoms with E-state index in [0.717, 1.165) is 15.4 Å². The Hall–Kier alpha value is -3.85. The second kappa shape index (κ2) is 15.2. The zero-order chi connectivity index (χ0) is 31.7. The summed E-state index contributed by atoms with van der Waals surface area (Å²) >= 11 is 12.6. The number of rotatable bonds is 13. The predicted octanol–water partition coefficient (Wildman–Crippen LogP) is 6.60. The number of carbonyl (C=O) groups excluding carboxylic acids is 2. The minimum atomic E-state index is -4.23. The van der Waals surface area contributed by atoms with Gasteiger partial charge in [0.05, 0.1) is 15.6 Å². The van der Waals surface area contributed by atoms with Gasteiger partial charge >= 0.3 is 0 Å². The van der Waals surface area contributed by atoms with Crippen molar-refractivity contribution in [1.82, 2.24) is 10.2 Å². The van der Waals surface area contributed by atoms with E-state index in [0.29, 0.717) is 11.6 Å². The average Bonchev–Trinajstić information content (AvgIpc) is 3.02. The molecule has 0 fully saturated rings. The van der Waals surface area contributed by atoms with E-state index in [4.69, 9.17) is 23.2 Å². The van der Waals surface area contributed by atoms with E-state index in [2.05, 4.69) is 5.32 Å². The lowest BCUT2D eigenvalue weighted by molar-refractivity contribution is -0.140. The molecule has 0 saturated heterocycles. The lowest BCUT2D eigenvalue weighted by Gasteiger charge is -2.34. The molecule has 0 aliphatic carbocycles. The first kappa shape index (κ1) is 33.1. The molecule has 4 aromatic rings. The lowest BCUT2D eigenvalue weighted by atomic mass is 10.0. The molecular weight excluding hydrogens is 617 g/mol. The van der Waals surface area contributed by atoms with Crippen molar-refractivity contribution < 1.29 is 18.0 Å². The van der Waals surface area contributed by atoms with Gasteiger partial charge in [0.15, 0.2) is 0 Å². The molecule has 0 aliphatic rings. The van der Waals surface area contributed by atoms with Gasteiger partial charge in [-0.15, -0.1) is 0 Å². The molecule has 0 spiro atoms. The number of benzene rings is 4. The van der Waals surface area contributed by atoms with Crippen LogP contribution in [0.4, 0.5) is 5.69 Å². The normalized spacial score (nSPS) is 12.0. The van der Waals surface area contributed by atoms with Crippen LogP contribution in [0.15, 0.2) is 114 Å². The highest BCUT2D eigenvalue weighted by atomic mass is 35.5. The van der Waals surface area contributed by atoms with Gasteiger partial charge in [0.25, 0.3) is 10.0 Å². The SMILES string of the molecule is CC(C)CNC(=O)[C@@H](Cc1ccccc1)N(Cc1ccc(Cl)cc1)C(=O)CN(c1ccccc1Cl)S(=O)(=O)c1ccccc1. The molecule has 0 heterocycles. The van der Waals surface area contributed by atoms with Crippen LogP contribution in [0.1, 0.15) is 25.0 Å². The summed E-state index contributed by atoms with van der Waals surface area (Å²) in [4.78, 5) is 29.7. The van der Waals surface area contributed by atoms with Gasteiger partial charge in [-0.05, 0) is 53.4 Å².